The van der Waals surface area contributed by atoms with Gasteiger partial charge in [-0.1, -0.05) is 28.9 Å². The molecule has 0 bridgehead atoms. The van der Waals surface area contributed by atoms with Crippen molar-refractivity contribution in [1.82, 2.24) is 14.4 Å². The molecule has 0 saturated carbocycles. The van der Waals surface area contributed by atoms with E-state index < -0.39 is 10.0 Å². The van der Waals surface area contributed by atoms with Gasteiger partial charge in [0.1, 0.15) is 0 Å². The minimum absolute atomic E-state index is 0.0875. The summed E-state index contributed by atoms with van der Waals surface area (Å²) in [6.07, 6.45) is 0. The summed E-state index contributed by atoms with van der Waals surface area (Å²) in [4.78, 5) is 5.55. The molecule has 3 heterocycles. The van der Waals surface area contributed by atoms with Crippen LogP contribution in [0.25, 0.3) is 10.7 Å². The van der Waals surface area contributed by atoms with Crippen molar-refractivity contribution in [1.29, 1.82) is 0 Å². The van der Waals surface area contributed by atoms with Crippen molar-refractivity contribution < 1.29 is 12.9 Å². The van der Waals surface area contributed by atoms with Gasteiger partial charge >= 0.3 is 0 Å². The lowest BCUT2D eigenvalue weighted by Crippen LogP contribution is -2.48. The Morgan fingerprint density at radius 2 is 2.08 bits per heavy atom. The third-order valence-corrected chi connectivity index (χ3v) is 7.47. The van der Waals surface area contributed by atoms with E-state index in [0.29, 0.717) is 35.4 Å². The molecule has 25 heavy (non-hydrogen) atoms. The summed E-state index contributed by atoms with van der Waals surface area (Å²) in [6.45, 7) is 2.35. The number of sulfonamides is 1. The van der Waals surface area contributed by atoms with Crippen LogP contribution in [0.3, 0.4) is 0 Å². The van der Waals surface area contributed by atoms with Gasteiger partial charge in [-0.25, -0.2) is 8.42 Å². The predicted octanol–water partition coefficient (Wildman–Crippen LogP) is 3.55. The van der Waals surface area contributed by atoms with E-state index in [1.807, 2.05) is 17.5 Å². The van der Waals surface area contributed by atoms with Gasteiger partial charge in [-0.05, 0) is 36.1 Å². The molecule has 0 amide bonds. The second-order valence-corrected chi connectivity index (χ2v) is 9.08. The summed E-state index contributed by atoms with van der Waals surface area (Å²) < 4.78 is 32.2. The second-order valence-electron chi connectivity index (χ2n) is 5.82. The van der Waals surface area contributed by atoms with Crippen LogP contribution in [0.4, 0.5) is 0 Å². The molecular formula is C16H14ClN3O3S2. The van der Waals surface area contributed by atoms with Crippen LogP contribution >= 0.6 is 22.9 Å². The number of hydrogen-bond donors (Lipinski definition) is 0. The molecule has 4 rings (SSSR count). The molecule has 9 heteroatoms. The maximum absolute atomic E-state index is 12.8. The highest BCUT2D eigenvalue weighted by Gasteiger charge is 2.41. The monoisotopic (exact) mass is 395 g/mol. The van der Waals surface area contributed by atoms with Crippen molar-refractivity contribution >= 4 is 33.0 Å². The molecule has 6 nitrogen and oxygen atoms in total. The molecule has 3 aromatic rings. The number of aromatic nitrogens is 2. The first-order valence-electron chi connectivity index (χ1n) is 7.59. The summed E-state index contributed by atoms with van der Waals surface area (Å²) in [5, 5.41) is 6.35. The fourth-order valence-electron chi connectivity index (χ4n) is 2.70. The van der Waals surface area contributed by atoms with Crippen LogP contribution < -0.4 is 0 Å². The summed E-state index contributed by atoms with van der Waals surface area (Å²) in [5.41, 5.74) is 0.561. The van der Waals surface area contributed by atoms with Gasteiger partial charge in [0.25, 0.3) is 0 Å². The number of halogens is 1. The number of rotatable bonds is 4. The topological polar surface area (TPSA) is 76.3 Å². The van der Waals surface area contributed by atoms with E-state index in [4.69, 9.17) is 16.1 Å². The summed E-state index contributed by atoms with van der Waals surface area (Å²) in [7, 11) is -3.57. The molecule has 1 aliphatic heterocycles. The minimum atomic E-state index is -3.57. The molecule has 1 aromatic carbocycles. The van der Waals surface area contributed by atoms with Crippen LogP contribution in [0, 0.1) is 6.92 Å². The minimum Gasteiger partial charge on any atom is -0.339 e. The van der Waals surface area contributed by atoms with Gasteiger partial charge in [0.2, 0.25) is 21.7 Å². The van der Waals surface area contributed by atoms with Gasteiger partial charge < -0.3 is 4.52 Å². The van der Waals surface area contributed by atoms with Crippen molar-refractivity contribution in [3.05, 3.63) is 52.2 Å². The first-order chi connectivity index (χ1) is 12.0. The Morgan fingerprint density at radius 1 is 1.28 bits per heavy atom. The fraction of sp³-hybridized carbons (Fsp3) is 0.250. The van der Waals surface area contributed by atoms with Crippen LogP contribution in [0.15, 0.2) is 45.1 Å². The maximum atomic E-state index is 12.8. The summed E-state index contributed by atoms with van der Waals surface area (Å²) in [6, 6.07) is 8.73. The molecule has 130 valence electrons. The summed E-state index contributed by atoms with van der Waals surface area (Å²) >= 11 is 7.57. The smallest absolute Gasteiger partial charge is 0.243 e. The second kappa shape index (κ2) is 6.21. The lowest BCUT2D eigenvalue weighted by atomic mass is 10.0. The third-order valence-electron chi connectivity index (χ3n) is 4.22. The average Bonchev–Trinajstić information content (AvgIpc) is 3.18. The first kappa shape index (κ1) is 16.7. The molecule has 1 aliphatic rings. The number of nitrogens with zero attached hydrogens (tertiary/aromatic N) is 3. The van der Waals surface area contributed by atoms with E-state index in [1.54, 1.807) is 25.1 Å². The molecule has 0 atom stereocenters. The molecule has 1 fully saturated rings. The Bertz CT molecular complexity index is 1010. The highest BCUT2D eigenvalue weighted by atomic mass is 35.5. The molecule has 0 aliphatic carbocycles. The molecule has 2 aromatic heterocycles. The van der Waals surface area contributed by atoms with Crippen molar-refractivity contribution in [3.63, 3.8) is 0 Å². The van der Waals surface area contributed by atoms with E-state index in [9.17, 15) is 8.42 Å². The van der Waals surface area contributed by atoms with E-state index in [2.05, 4.69) is 10.1 Å². The van der Waals surface area contributed by atoms with Crippen LogP contribution in [-0.4, -0.2) is 36.0 Å². The number of thiophene rings is 1. The quantitative estimate of drug-likeness (QED) is 0.675. The Kier molecular flexibility index (Phi) is 4.15. The predicted molar refractivity (Wildman–Crippen MR) is 95.3 cm³/mol. The van der Waals surface area contributed by atoms with Gasteiger partial charge in [0, 0.05) is 18.1 Å². The zero-order valence-electron chi connectivity index (χ0n) is 13.2. The van der Waals surface area contributed by atoms with Crippen molar-refractivity contribution in [2.45, 2.75) is 17.7 Å². The molecule has 0 radical (unpaired) electrons. The highest BCUT2D eigenvalue weighted by molar-refractivity contribution is 7.89. The lowest BCUT2D eigenvalue weighted by Gasteiger charge is -2.36. The normalized spacial score (nSPS) is 16.1. The van der Waals surface area contributed by atoms with Gasteiger partial charge in [0.15, 0.2) is 0 Å². The van der Waals surface area contributed by atoms with E-state index in [-0.39, 0.29) is 10.8 Å². The maximum Gasteiger partial charge on any atom is 0.243 e. The zero-order chi connectivity index (χ0) is 17.6. The fourth-order valence-corrected chi connectivity index (χ4v) is 5.36. The van der Waals surface area contributed by atoms with Crippen molar-refractivity contribution in [3.8, 4) is 10.7 Å². The largest absolute Gasteiger partial charge is 0.339 e. The Hall–Kier alpha value is -1.74. The SMILES string of the molecule is Cc1c(Cl)cccc1S(=O)(=O)N1CC(c2nc(-c3cccs3)no2)C1. The molecule has 0 N–H and O–H groups in total. The molecule has 0 spiro atoms. The standard InChI is InChI=1S/C16H14ClN3O3S2/c1-10-12(17)4-2-6-14(10)25(21,22)20-8-11(9-20)16-18-15(19-23-16)13-5-3-7-24-13/h2-7,11H,8-9H2,1H3. The first-order valence-corrected chi connectivity index (χ1v) is 10.3. The van der Waals surface area contributed by atoms with E-state index in [1.165, 1.54) is 15.6 Å². The average molecular weight is 396 g/mol. The molecule has 1 saturated heterocycles. The van der Waals surface area contributed by atoms with Gasteiger partial charge in [0.05, 0.1) is 15.7 Å². The van der Waals surface area contributed by atoms with Crippen LogP contribution in [0.1, 0.15) is 17.4 Å². The molecule has 0 unspecified atom stereocenters. The zero-order valence-corrected chi connectivity index (χ0v) is 15.6. The van der Waals surface area contributed by atoms with Crippen molar-refractivity contribution in [2.75, 3.05) is 13.1 Å². The lowest BCUT2D eigenvalue weighted by molar-refractivity contribution is 0.216. The summed E-state index contributed by atoms with van der Waals surface area (Å²) in [5.74, 6) is 0.921. The Balaban J connectivity index is 1.51. The van der Waals surface area contributed by atoms with Crippen LogP contribution in [0.5, 0.6) is 0 Å². The van der Waals surface area contributed by atoms with E-state index in [0.717, 1.165) is 4.88 Å². The number of hydrogen-bond acceptors (Lipinski definition) is 6. The Labute approximate surface area is 154 Å². The Morgan fingerprint density at radius 3 is 2.80 bits per heavy atom. The highest BCUT2D eigenvalue weighted by Crippen LogP contribution is 2.34. The van der Waals surface area contributed by atoms with Gasteiger partial charge in [-0.2, -0.15) is 9.29 Å². The number of benzene rings is 1. The third kappa shape index (κ3) is 2.89. The van der Waals surface area contributed by atoms with Crippen LogP contribution in [-0.2, 0) is 10.0 Å². The van der Waals surface area contributed by atoms with Crippen LogP contribution in [0.2, 0.25) is 5.02 Å². The van der Waals surface area contributed by atoms with Crippen molar-refractivity contribution in [2.24, 2.45) is 0 Å². The molecular weight excluding hydrogens is 382 g/mol. The van der Waals surface area contributed by atoms with E-state index >= 15 is 0 Å². The van der Waals surface area contributed by atoms with Gasteiger partial charge in [-0.15, -0.1) is 11.3 Å². The van der Waals surface area contributed by atoms with Gasteiger partial charge in [-0.3, -0.25) is 0 Å².